The molecule has 0 bridgehead atoms. The molecular weight excluding hydrogens is 236 g/mol. The normalized spacial score (nSPS) is 26.5. The summed E-state index contributed by atoms with van der Waals surface area (Å²) < 4.78 is 4.90. The molecule has 0 aromatic carbocycles. The molecule has 0 saturated heterocycles. The van der Waals surface area contributed by atoms with E-state index in [4.69, 9.17) is 10.5 Å². The summed E-state index contributed by atoms with van der Waals surface area (Å²) in [5, 5.41) is 3.62. The lowest BCUT2D eigenvalue weighted by atomic mass is 9.94. The molecule has 0 heterocycles. The van der Waals surface area contributed by atoms with Crippen molar-refractivity contribution in [3.8, 4) is 0 Å². The summed E-state index contributed by atoms with van der Waals surface area (Å²) >= 11 is 1.94. The van der Waals surface area contributed by atoms with Gasteiger partial charge in [0.05, 0.1) is 6.61 Å². The van der Waals surface area contributed by atoms with Gasteiger partial charge >= 0.3 is 0 Å². The number of amides is 1. The lowest BCUT2D eigenvalue weighted by Crippen LogP contribution is -2.51. The minimum atomic E-state index is -0.547. The number of ether oxygens (including phenoxy) is 1. The van der Waals surface area contributed by atoms with E-state index < -0.39 is 6.04 Å². The largest absolute Gasteiger partial charge is 0.383 e. The van der Waals surface area contributed by atoms with Gasteiger partial charge in [0.25, 0.3) is 0 Å². The van der Waals surface area contributed by atoms with Gasteiger partial charge < -0.3 is 15.8 Å². The molecule has 0 spiro atoms. The van der Waals surface area contributed by atoms with Crippen molar-refractivity contribution in [1.29, 1.82) is 0 Å². The Labute approximate surface area is 108 Å². The quantitative estimate of drug-likeness (QED) is 0.752. The number of nitrogens with one attached hydrogen (secondary N) is 1. The van der Waals surface area contributed by atoms with Crippen LogP contribution >= 0.6 is 11.8 Å². The zero-order chi connectivity index (χ0) is 12.7. The second-order valence-corrected chi connectivity index (χ2v) is 5.97. The van der Waals surface area contributed by atoms with Gasteiger partial charge in [-0.1, -0.05) is 19.8 Å². The van der Waals surface area contributed by atoms with E-state index >= 15 is 0 Å². The maximum absolute atomic E-state index is 11.8. The van der Waals surface area contributed by atoms with Crippen LogP contribution in [-0.2, 0) is 9.53 Å². The Balaban J connectivity index is 2.43. The van der Waals surface area contributed by atoms with Crippen molar-refractivity contribution in [2.45, 2.75) is 49.9 Å². The summed E-state index contributed by atoms with van der Waals surface area (Å²) in [6, 6.07) is -0.265. The summed E-state index contributed by atoms with van der Waals surface area (Å²) in [4.78, 5) is 11.8. The van der Waals surface area contributed by atoms with E-state index in [0.29, 0.717) is 5.25 Å². The first-order valence-electron chi connectivity index (χ1n) is 6.35. The van der Waals surface area contributed by atoms with Crippen LogP contribution in [0, 0.1) is 0 Å². The maximum atomic E-state index is 11.8. The topological polar surface area (TPSA) is 64.4 Å². The van der Waals surface area contributed by atoms with Gasteiger partial charge in [0.15, 0.2) is 0 Å². The van der Waals surface area contributed by atoms with Crippen LogP contribution in [0.1, 0.15) is 32.6 Å². The van der Waals surface area contributed by atoms with Crippen molar-refractivity contribution < 1.29 is 9.53 Å². The predicted octanol–water partition coefficient (Wildman–Crippen LogP) is 1.14. The van der Waals surface area contributed by atoms with Crippen molar-refractivity contribution >= 4 is 17.7 Å². The second-order valence-electron chi connectivity index (χ2n) is 4.46. The Kier molecular flexibility index (Phi) is 6.92. The van der Waals surface area contributed by atoms with Crippen LogP contribution in [-0.4, -0.2) is 42.7 Å². The fourth-order valence-electron chi connectivity index (χ4n) is 2.22. The highest BCUT2D eigenvalue weighted by Gasteiger charge is 2.27. The van der Waals surface area contributed by atoms with Crippen LogP contribution < -0.4 is 11.1 Å². The third-order valence-electron chi connectivity index (χ3n) is 3.09. The van der Waals surface area contributed by atoms with Gasteiger partial charge in [-0.15, -0.1) is 0 Å². The van der Waals surface area contributed by atoms with Gasteiger partial charge in [0, 0.05) is 18.4 Å². The molecule has 3 N–H and O–H groups in total. The van der Waals surface area contributed by atoms with E-state index in [2.05, 4.69) is 12.2 Å². The zero-order valence-electron chi connectivity index (χ0n) is 10.8. The average Bonchev–Trinajstić information content (AvgIpc) is 2.32. The van der Waals surface area contributed by atoms with Gasteiger partial charge in [-0.2, -0.15) is 11.8 Å². The summed E-state index contributed by atoms with van der Waals surface area (Å²) in [5.41, 5.74) is 5.72. The Hall–Kier alpha value is -0.260. The highest BCUT2D eigenvalue weighted by molar-refractivity contribution is 7.99. The molecule has 5 heteroatoms. The highest BCUT2D eigenvalue weighted by Crippen LogP contribution is 2.28. The molecule has 1 aliphatic carbocycles. The molecule has 0 aliphatic heterocycles. The van der Waals surface area contributed by atoms with Crippen molar-refractivity contribution in [2.24, 2.45) is 5.73 Å². The zero-order valence-corrected chi connectivity index (χ0v) is 11.6. The second kappa shape index (κ2) is 7.95. The minimum Gasteiger partial charge on any atom is -0.383 e. The third-order valence-corrected chi connectivity index (χ3v) is 4.42. The van der Waals surface area contributed by atoms with Crippen molar-refractivity contribution in [2.75, 3.05) is 19.5 Å². The average molecular weight is 260 g/mol. The molecule has 1 aliphatic rings. The molecule has 0 aromatic heterocycles. The van der Waals surface area contributed by atoms with Crippen LogP contribution in [0.2, 0.25) is 0 Å². The first-order chi connectivity index (χ1) is 8.19. The molecule has 0 aromatic rings. The molecule has 17 heavy (non-hydrogen) atoms. The van der Waals surface area contributed by atoms with E-state index in [9.17, 15) is 4.79 Å². The van der Waals surface area contributed by atoms with E-state index in [1.54, 1.807) is 7.11 Å². The Morgan fingerprint density at radius 3 is 2.88 bits per heavy atom. The van der Waals surface area contributed by atoms with Crippen molar-refractivity contribution in [3.63, 3.8) is 0 Å². The molecule has 1 saturated carbocycles. The Bertz CT molecular complexity index is 237. The molecule has 1 fully saturated rings. The Morgan fingerprint density at radius 2 is 2.24 bits per heavy atom. The van der Waals surface area contributed by atoms with Gasteiger partial charge in [-0.3, -0.25) is 4.79 Å². The van der Waals surface area contributed by atoms with Gasteiger partial charge in [-0.25, -0.2) is 0 Å². The van der Waals surface area contributed by atoms with Crippen LogP contribution in [0.25, 0.3) is 0 Å². The smallest absolute Gasteiger partial charge is 0.239 e. The number of hydrogen-bond donors (Lipinski definition) is 2. The number of nitrogens with two attached hydrogens (primary N) is 1. The van der Waals surface area contributed by atoms with E-state index in [1.807, 2.05) is 11.8 Å². The molecular formula is C12H24N2O2S. The fourth-order valence-corrected chi connectivity index (χ4v) is 3.42. The lowest BCUT2D eigenvalue weighted by Gasteiger charge is -2.32. The van der Waals surface area contributed by atoms with E-state index in [1.165, 1.54) is 19.3 Å². The number of rotatable bonds is 6. The fraction of sp³-hybridized carbons (Fsp3) is 0.917. The maximum Gasteiger partial charge on any atom is 0.239 e. The molecule has 1 rings (SSSR count). The molecule has 1 amide bonds. The molecule has 3 atom stereocenters. The highest BCUT2D eigenvalue weighted by atomic mass is 32.2. The SMILES string of the molecule is CCSC1CCCCC1NC(=O)C(N)COC. The number of thioether (sulfide) groups is 1. The monoisotopic (exact) mass is 260 g/mol. The van der Waals surface area contributed by atoms with Crippen LogP contribution in [0.15, 0.2) is 0 Å². The predicted molar refractivity (Wildman–Crippen MR) is 72.2 cm³/mol. The first-order valence-corrected chi connectivity index (χ1v) is 7.40. The standard InChI is InChI=1S/C12H24N2O2S/c1-3-17-11-7-5-4-6-10(11)14-12(15)9(13)8-16-2/h9-11H,3-8,13H2,1-2H3,(H,14,15). The van der Waals surface area contributed by atoms with Crippen LogP contribution in [0.3, 0.4) is 0 Å². The number of carbonyl (C=O) groups excluding carboxylic acids is 1. The molecule has 3 unspecified atom stereocenters. The first kappa shape index (κ1) is 14.8. The number of methoxy groups -OCH3 is 1. The van der Waals surface area contributed by atoms with Crippen molar-refractivity contribution in [3.05, 3.63) is 0 Å². The summed E-state index contributed by atoms with van der Waals surface area (Å²) in [6.07, 6.45) is 4.74. The molecule has 4 nitrogen and oxygen atoms in total. The number of carbonyl (C=O) groups is 1. The van der Waals surface area contributed by atoms with Gasteiger partial charge in [0.2, 0.25) is 5.91 Å². The summed E-state index contributed by atoms with van der Waals surface area (Å²) in [6.45, 7) is 2.44. The van der Waals surface area contributed by atoms with Gasteiger partial charge in [-0.05, 0) is 18.6 Å². The van der Waals surface area contributed by atoms with Crippen LogP contribution in [0.5, 0.6) is 0 Å². The Morgan fingerprint density at radius 1 is 1.53 bits per heavy atom. The lowest BCUT2D eigenvalue weighted by molar-refractivity contribution is -0.124. The van der Waals surface area contributed by atoms with E-state index in [-0.39, 0.29) is 18.6 Å². The van der Waals surface area contributed by atoms with Gasteiger partial charge in [0.1, 0.15) is 6.04 Å². The third kappa shape index (κ3) is 4.85. The molecule has 100 valence electrons. The summed E-state index contributed by atoms with van der Waals surface area (Å²) in [5.74, 6) is 1.02. The van der Waals surface area contributed by atoms with Crippen LogP contribution in [0.4, 0.5) is 0 Å². The van der Waals surface area contributed by atoms with E-state index in [0.717, 1.165) is 12.2 Å². The summed E-state index contributed by atoms with van der Waals surface area (Å²) in [7, 11) is 1.56. The minimum absolute atomic E-state index is 0.0829. The molecule has 0 radical (unpaired) electrons. The van der Waals surface area contributed by atoms with Crippen molar-refractivity contribution in [1.82, 2.24) is 5.32 Å². The number of hydrogen-bond acceptors (Lipinski definition) is 4.